The van der Waals surface area contributed by atoms with Crippen LogP contribution >= 0.6 is 11.3 Å². The molecule has 1 aromatic rings. The van der Waals surface area contributed by atoms with Crippen molar-refractivity contribution < 1.29 is 4.79 Å². The SMILES string of the molecule is CNC(=O)Cc1nnc(N)s1. The van der Waals surface area contributed by atoms with Gasteiger partial charge in [-0.3, -0.25) is 4.79 Å². The highest BCUT2D eigenvalue weighted by Gasteiger charge is 2.05. The van der Waals surface area contributed by atoms with E-state index in [1.165, 1.54) is 11.3 Å². The second kappa shape index (κ2) is 3.29. The Morgan fingerprint density at radius 3 is 2.91 bits per heavy atom. The van der Waals surface area contributed by atoms with Gasteiger partial charge in [0, 0.05) is 7.05 Å². The quantitative estimate of drug-likeness (QED) is 0.624. The van der Waals surface area contributed by atoms with Crippen molar-refractivity contribution >= 4 is 22.4 Å². The predicted molar refractivity (Wildman–Crippen MR) is 42.1 cm³/mol. The van der Waals surface area contributed by atoms with Crippen LogP contribution in [0.15, 0.2) is 0 Å². The van der Waals surface area contributed by atoms with Crippen LogP contribution in [0.2, 0.25) is 0 Å². The van der Waals surface area contributed by atoms with E-state index >= 15 is 0 Å². The van der Waals surface area contributed by atoms with Gasteiger partial charge in [0.15, 0.2) is 0 Å². The normalized spacial score (nSPS) is 9.55. The molecule has 0 atom stereocenters. The minimum Gasteiger partial charge on any atom is -0.374 e. The van der Waals surface area contributed by atoms with E-state index in [1.54, 1.807) is 7.05 Å². The van der Waals surface area contributed by atoms with Gasteiger partial charge in [0.2, 0.25) is 11.0 Å². The first-order valence-electron chi connectivity index (χ1n) is 3.01. The zero-order chi connectivity index (χ0) is 8.27. The molecule has 0 aromatic carbocycles. The van der Waals surface area contributed by atoms with Crippen LogP contribution in [0.4, 0.5) is 5.13 Å². The predicted octanol–water partition coefficient (Wildman–Crippen LogP) is -0.591. The summed E-state index contributed by atoms with van der Waals surface area (Å²) in [4.78, 5) is 10.8. The molecular weight excluding hydrogens is 164 g/mol. The molecule has 1 aromatic heterocycles. The van der Waals surface area contributed by atoms with Gasteiger partial charge in [-0.25, -0.2) is 0 Å². The Morgan fingerprint density at radius 2 is 2.45 bits per heavy atom. The number of aromatic nitrogens is 2. The number of nitrogens with one attached hydrogen (secondary N) is 1. The number of amides is 1. The van der Waals surface area contributed by atoms with Crippen molar-refractivity contribution in [2.45, 2.75) is 6.42 Å². The average molecular weight is 172 g/mol. The smallest absolute Gasteiger partial charge is 0.226 e. The molecule has 1 heterocycles. The van der Waals surface area contributed by atoms with Crippen LogP contribution in [0, 0.1) is 0 Å². The third kappa shape index (κ3) is 2.15. The number of nitrogens with two attached hydrogens (primary N) is 1. The molecule has 0 bridgehead atoms. The summed E-state index contributed by atoms with van der Waals surface area (Å²) >= 11 is 1.23. The largest absolute Gasteiger partial charge is 0.374 e. The van der Waals surface area contributed by atoms with E-state index in [1.807, 2.05) is 0 Å². The monoisotopic (exact) mass is 172 g/mol. The van der Waals surface area contributed by atoms with E-state index in [4.69, 9.17) is 5.73 Å². The fourth-order valence-corrected chi connectivity index (χ4v) is 1.17. The Hall–Kier alpha value is -1.17. The summed E-state index contributed by atoms with van der Waals surface area (Å²) in [5.74, 6) is -0.0823. The summed E-state index contributed by atoms with van der Waals surface area (Å²) in [7, 11) is 1.58. The number of rotatable bonds is 2. The van der Waals surface area contributed by atoms with Crippen molar-refractivity contribution in [2.24, 2.45) is 0 Å². The van der Waals surface area contributed by atoms with Crippen molar-refractivity contribution in [3.8, 4) is 0 Å². The Kier molecular flexibility index (Phi) is 2.37. The van der Waals surface area contributed by atoms with Crippen LogP contribution < -0.4 is 11.1 Å². The van der Waals surface area contributed by atoms with E-state index in [2.05, 4.69) is 15.5 Å². The molecule has 60 valence electrons. The van der Waals surface area contributed by atoms with Gasteiger partial charge in [-0.1, -0.05) is 11.3 Å². The lowest BCUT2D eigenvalue weighted by atomic mass is 10.4. The molecule has 0 aliphatic rings. The van der Waals surface area contributed by atoms with Crippen molar-refractivity contribution in [1.82, 2.24) is 15.5 Å². The molecule has 11 heavy (non-hydrogen) atoms. The first kappa shape index (κ1) is 7.93. The highest BCUT2D eigenvalue weighted by Crippen LogP contribution is 2.10. The number of anilines is 1. The minimum atomic E-state index is -0.0823. The van der Waals surface area contributed by atoms with Crippen LogP contribution in [0.1, 0.15) is 5.01 Å². The highest BCUT2D eigenvalue weighted by atomic mass is 32.1. The van der Waals surface area contributed by atoms with Crippen molar-refractivity contribution in [2.75, 3.05) is 12.8 Å². The van der Waals surface area contributed by atoms with Gasteiger partial charge >= 0.3 is 0 Å². The summed E-state index contributed by atoms with van der Waals surface area (Å²) in [6.45, 7) is 0. The van der Waals surface area contributed by atoms with Gasteiger partial charge in [-0.2, -0.15) is 0 Å². The molecule has 0 saturated heterocycles. The maximum atomic E-state index is 10.8. The fraction of sp³-hybridized carbons (Fsp3) is 0.400. The van der Waals surface area contributed by atoms with Gasteiger partial charge in [-0.15, -0.1) is 10.2 Å². The zero-order valence-electron chi connectivity index (χ0n) is 6.00. The van der Waals surface area contributed by atoms with Gasteiger partial charge in [0.1, 0.15) is 5.01 Å². The maximum Gasteiger partial charge on any atom is 0.226 e. The van der Waals surface area contributed by atoms with Crippen LogP contribution in [0.5, 0.6) is 0 Å². The van der Waals surface area contributed by atoms with Gasteiger partial charge in [0.05, 0.1) is 6.42 Å². The lowest BCUT2D eigenvalue weighted by Crippen LogP contribution is -2.19. The molecule has 3 N–H and O–H groups in total. The Morgan fingerprint density at radius 1 is 1.73 bits per heavy atom. The number of carbonyl (C=O) groups excluding carboxylic acids is 1. The number of hydrogen-bond donors (Lipinski definition) is 2. The molecule has 5 nitrogen and oxygen atoms in total. The maximum absolute atomic E-state index is 10.8. The van der Waals surface area contributed by atoms with Gasteiger partial charge < -0.3 is 11.1 Å². The molecular formula is C5H8N4OS. The van der Waals surface area contributed by atoms with E-state index < -0.39 is 0 Å². The third-order valence-corrected chi connectivity index (χ3v) is 1.83. The number of nitrogen functional groups attached to an aromatic ring is 1. The summed E-state index contributed by atoms with van der Waals surface area (Å²) in [6.07, 6.45) is 0.255. The second-order valence-electron chi connectivity index (χ2n) is 1.88. The molecule has 0 aliphatic carbocycles. The molecule has 0 unspecified atom stereocenters. The Labute approximate surface area is 67.6 Å². The van der Waals surface area contributed by atoms with E-state index in [0.29, 0.717) is 10.1 Å². The summed E-state index contributed by atoms with van der Waals surface area (Å²) in [6, 6.07) is 0. The van der Waals surface area contributed by atoms with E-state index in [0.717, 1.165) is 0 Å². The second-order valence-corrected chi connectivity index (χ2v) is 2.98. The van der Waals surface area contributed by atoms with Crippen LogP contribution in [0.25, 0.3) is 0 Å². The van der Waals surface area contributed by atoms with Crippen LogP contribution in [-0.4, -0.2) is 23.2 Å². The molecule has 0 spiro atoms. The first-order chi connectivity index (χ1) is 5.22. The third-order valence-electron chi connectivity index (χ3n) is 1.07. The zero-order valence-corrected chi connectivity index (χ0v) is 6.81. The molecule has 0 saturated carbocycles. The number of carbonyl (C=O) groups is 1. The topological polar surface area (TPSA) is 80.9 Å². The van der Waals surface area contributed by atoms with Gasteiger partial charge in [-0.05, 0) is 0 Å². The van der Waals surface area contributed by atoms with Gasteiger partial charge in [0.25, 0.3) is 0 Å². The van der Waals surface area contributed by atoms with Crippen molar-refractivity contribution in [3.63, 3.8) is 0 Å². The van der Waals surface area contributed by atoms with Crippen LogP contribution in [-0.2, 0) is 11.2 Å². The Bertz CT molecular complexity index is 259. The molecule has 1 amide bonds. The molecule has 0 radical (unpaired) electrons. The Balaban J connectivity index is 2.57. The minimum absolute atomic E-state index is 0.0823. The lowest BCUT2D eigenvalue weighted by Gasteiger charge is -1.92. The van der Waals surface area contributed by atoms with E-state index in [-0.39, 0.29) is 12.3 Å². The summed E-state index contributed by atoms with van der Waals surface area (Å²) in [5.41, 5.74) is 5.31. The highest BCUT2D eigenvalue weighted by molar-refractivity contribution is 7.15. The number of nitrogens with zero attached hydrogens (tertiary/aromatic N) is 2. The first-order valence-corrected chi connectivity index (χ1v) is 3.82. The summed E-state index contributed by atoms with van der Waals surface area (Å²) < 4.78 is 0. The van der Waals surface area contributed by atoms with E-state index in [9.17, 15) is 4.79 Å². The number of hydrogen-bond acceptors (Lipinski definition) is 5. The van der Waals surface area contributed by atoms with Crippen molar-refractivity contribution in [1.29, 1.82) is 0 Å². The molecule has 0 fully saturated rings. The van der Waals surface area contributed by atoms with Crippen LogP contribution in [0.3, 0.4) is 0 Å². The summed E-state index contributed by atoms with van der Waals surface area (Å²) in [5, 5.41) is 10.8. The molecule has 6 heteroatoms. The van der Waals surface area contributed by atoms with Crippen molar-refractivity contribution in [3.05, 3.63) is 5.01 Å². The fourth-order valence-electron chi connectivity index (χ4n) is 0.564. The molecule has 1 rings (SSSR count). The average Bonchev–Trinajstić information content (AvgIpc) is 2.35. The molecule has 0 aliphatic heterocycles. The lowest BCUT2D eigenvalue weighted by molar-refractivity contribution is -0.119. The number of likely N-dealkylation sites (N-methyl/N-ethyl adjacent to an activating group) is 1. The standard InChI is InChI=1S/C5H8N4OS/c1-7-3(10)2-4-8-9-5(6)11-4/h2H2,1H3,(H2,6,9)(H,7,10).